The van der Waals surface area contributed by atoms with Gasteiger partial charge in [0, 0.05) is 0 Å². The predicted octanol–water partition coefficient (Wildman–Crippen LogP) is 3.79. The zero-order valence-corrected chi connectivity index (χ0v) is 13.0. The fourth-order valence-electron chi connectivity index (χ4n) is 2.68. The van der Waals surface area contributed by atoms with Gasteiger partial charge in [-0.3, -0.25) is 9.59 Å². The van der Waals surface area contributed by atoms with Crippen molar-refractivity contribution in [3.63, 3.8) is 0 Å². The Kier molecular flexibility index (Phi) is 5.60. The first-order chi connectivity index (χ1) is 8.47. The second-order valence-corrected chi connectivity index (χ2v) is 6.78. The van der Waals surface area contributed by atoms with E-state index in [0.29, 0.717) is 12.8 Å². The maximum absolute atomic E-state index is 11.9. The lowest BCUT2D eigenvalue weighted by atomic mass is 9.57. The van der Waals surface area contributed by atoms with Crippen LogP contribution in [0.1, 0.15) is 67.2 Å². The molecule has 0 bridgehead atoms. The summed E-state index contributed by atoms with van der Waals surface area (Å²) in [6.45, 7) is 11.0. The molecule has 2 N–H and O–H groups in total. The van der Waals surface area contributed by atoms with Gasteiger partial charge in [-0.25, -0.2) is 0 Å². The topological polar surface area (TPSA) is 74.6 Å². The van der Waals surface area contributed by atoms with E-state index in [2.05, 4.69) is 0 Å². The first-order valence-corrected chi connectivity index (χ1v) is 6.93. The normalized spacial score (nSPS) is 18.4. The van der Waals surface area contributed by atoms with Gasteiger partial charge in [0.2, 0.25) is 0 Å². The van der Waals surface area contributed by atoms with Crippen LogP contribution in [-0.2, 0) is 9.59 Å². The van der Waals surface area contributed by atoms with E-state index < -0.39 is 28.2 Å². The molecule has 0 amide bonds. The summed E-state index contributed by atoms with van der Waals surface area (Å²) in [5, 5.41) is 19.2. The van der Waals surface area contributed by atoms with Gasteiger partial charge in [-0.1, -0.05) is 41.0 Å². The number of carbonyl (C=O) groups is 2. The first kappa shape index (κ1) is 17.9. The van der Waals surface area contributed by atoms with E-state index in [1.165, 1.54) is 0 Å². The lowest BCUT2D eigenvalue weighted by Gasteiger charge is -2.45. The van der Waals surface area contributed by atoms with Gasteiger partial charge in [0.15, 0.2) is 0 Å². The summed E-state index contributed by atoms with van der Waals surface area (Å²) in [5.41, 5.74) is -2.49. The first-order valence-electron chi connectivity index (χ1n) is 6.93. The smallest absolute Gasteiger partial charge is 0.310 e. The molecular weight excluding hydrogens is 244 g/mol. The summed E-state index contributed by atoms with van der Waals surface area (Å²) in [4.78, 5) is 23.4. The Labute approximate surface area is 116 Å². The van der Waals surface area contributed by atoms with Gasteiger partial charge in [-0.05, 0) is 31.6 Å². The number of hydrogen-bond acceptors (Lipinski definition) is 2. The molecule has 0 saturated carbocycles. The van der Waals surface area contributed by atoms with Crippen molar-refractivity contribution in [2.24, 2.45) is 16.2 Å². The summed E-state index contributed by atoms with van der Waals surface area (Å²) in [5.74, 6) is -1.80. The van der Waals surface area contributed by atoms with E-state index in [1.54, 1.807) is 13.8 Å². The second-order valence-electron chi connectivity index (χ2n) is 6.78. The van der Waals surface area contributed by atoms with Crippen LogP contribution >= 0.6 is 0 Å². The van der Waals surface area contributed by atoms with Crippen LogP contribution in [0.25, 0.3) is 0 Å². The highest BCUT2D eigenvalue weighted by Crippen LogP contribution is 2.51. The van der Waals surface area contributed by atoms with Crippen LogP contribution in [0.3, 0.4) is 0 Å². The molecule has 0 saturated heterocycles. The summed E-state index contributed by atoms with van der Waals surface area (Å²) in [7, 11) is 0. The molecule has 19 heavy (non-hydrogen) atoms. The van der Waals surface area contributed by atoms with Crippen LogP contribution in [0.15, 0.2) is 0 Å². The molecule has 0 heterocycles. The standard InChI is InChI=1S/C15H28O4/c1-7-9-15(12(18)19,13(3,4)5)10-14(6,8-2)11(16)17/h7-10H2,1-6H3,(H,16,17)(H,18,19). The minimum atomic E-state index is -1.01. The van der Waals surface area contributed by atoms with Gasteiger partial charge in [-0.15, -0.1) is 0 Å². The van der Waals surface area contributed by atoms with E-state index >= 15 is 0 Å². The van der Waals surface area contributed by atoms with E-state index in [9.17, 15) is 19.8 Å². The molecule has 0 aromatic carbocycles. The highest BCUT2D eigenvalue weighted by atomic mass is 16.4. The van der Waals surface area contributed by atoms with Crippen molar-refractivity contribution < 1.29 is 19.8 Å². The summed E-state index contributed by atoms with van der Waals surface area (Å²) >= 11 is 0. The maximum Gasteiger partial charge on any atom is 0.310 e. The molecular formula is C15H28O4. The van der Waals surface area contributed by atoms with Crippen LogP contribution in [0, 0.1) is 16.2 Å². The minimum Gasteiger partial charge on any atom is -0.481 e. The van der Waals surface area contributed by atoms with Crippen molar-refractivity contribution in [2.75, 3.05) is 0 Å². The number of hydrogen-bond donors (Lipinski definition) is 2. The molecule has 2 unspecified atom stereocenters. The Morgan fingerprint density at radius 2 is 1.42 bits per heavy atom. The van der Waals surface area contributed by atoms with Crippen molar-refractivity contribution in [3.8, 4) is 0 Å². The van der Waals surface area contributed by atoms with Crippen LogP contribution in [0.5, 0.6) is 0 Å². The lowest BCUT2D eigenvalue weighted by molar-refractivity contribution is -0.166. The van der Waals surface area contributed by atoms with Crippen molar-refractivity contribution in [2.45, 2.75) is 67.2 Å². The van der Waals surface area contributed by atoms with Gasteiger partial charge >= 0.3 is 11.9 Å². The predicted molar refractivity (Wildman–Crippen MR) is 75.1 cm³/mol. The van der Waals surface area contributed by atoms with Gasteiger partial charge < -0.3 is 10.2 Å². The third kappa shape index (κ3) is 3.48. The molecule has 0 aliphatic rings. The lowest BCUT2D eigenvalue weighted by Crippen LogP contribution is -2.48. The van der Waals surface area contributed by atoms with E-state index in [0.717, 1.165) is 6.42 Å². The fourth-order valence-corrected chi connectivity index (χ4v) is 2.68. The Morgan fingerprint density at radius 1 is 0.947 bits per heavy atom. The van der Waals surface area contributed by atoms with Crippen LogP contribution in [0.4, 0.5) is 0 Å². The number of aliphatic carboxylic acids is 2. The number of rotatable bonds is 7. The van der Waals surface area contributed by atoms with Crippen molar-refractivity contribution in [1.29, 1.82) is 0 Å². The molecule has 0 aromatic heterocycles. The molecule has 0 aliphatic heterocycles. The van der Waals surface area contributed by atoms with Crippen molar-refractivity contribution in [3.05, 3.63) is 0 Å². The highest BCUT2D eigenvalue weighted by Gasteiger charge is 2.53. The SMILES string of the molecule is CCCC(CC(C)(CC)C(=O)O)(C(=O)O)C(C)(C)C. The molecule has 0 spiro atoms. The second kappa shape index (κ2) is 5.93. The zero-order valence-electron chi connectivity index (χ0n) is 13.0. The average molecular weight is 272 g/mol. The third-order valence-corrected chi connectivity index (χ3v) is 4.51. The molecule has 2 atom stereocenters. The summed E-state index contributed by atoms with van der Waals surface area (Å²) in [6.07, 6.45) is 1.81. The van der Waals surface area contributed by atoms with Crippen LogP contribution in [-0.4, -0.2) is 22.2 Å². The Morgan fingerprint density at radius 3 is 1.63 bits per heavy atom. The van der Waals surface area contributed by atoms with E-state index in [1.807, 2.05) is 27.7 Å². The summed E-state index contributed by atoms with van der Waals surface area (Å²) in [6, 6.07) is 0. The van der Waals surface area contributed by atoms with Gasteiger partial charge in [0.05, 0.1) is 10.8 Å². The Balaban J connectivity index is 5.74. The molecule has 4 heteroatoms. The molecule has 0 rings (SSSR count). The third-order valence-electron chi connectivity index (χ3n) is 4.51. The molecule has 0 aliphatic carbocycles. The van der Waals surface area contributed by atoms with Crippen LogP contribution in [0.2, 0.25) is 0 Å². The quantitative estimate of drug-likeness (QED) is 0.739. The van der Waals surface area contributed by atoms with Crippen LogP contribution < -0.4 is 0 Å². The minimum absolute atomic E-state index is 0.165. The molecule has 112 valence electrons. The van der Waals surface area contributed by atoms with E-state index in [4.69, 9.17) is 0 Å². The zero-order chi connectivity index (χ0) is 15.5. The number of carboxylic acid groups (broad SMARTS) is 2. The highest BCUT2D eigenvalue weighted by molar-refractivity contribution is 5.79. The summed E-state index contributed by atoms with van der Waals surface area (Å²) < 4.78 is 0. The van der Waals surface area contributed by atoms with Crippen molar-refractivity contribution in [1.82, 2.24) is 0 Å². The maximum atomic E-state index is 11.9. The molecule has 0 radical (unpaired) electrons. The molecule has 4 nitrogen and oxygen atoms in total. The van der Waals surface area contributed by atoms with Crippen molar-refractivity contribution >= 4 is 11.9 Å². The number of carboxylic acids is 2. The van der Waals surface area contributed by atoms with E-state index in [-0.39, 0.29) is 6.42 Å². The van der Waals surface area contributed by atoms with Gasteiger partial charge in [-0.2, -0.15) is 0 Å². The fraction of sp³-hybridized carbons (Fsp3) is 0.867. The largest absolute Gasteiger partial charge is 0.481 e. The Bertz CT molecular complexity index is 343. The molecule has 0 fully saturated rings. The monoisotopic (exact) mass is 272 g/mol. The average Bonchev–Trinajstić information content (AvgIpc) is 2.25. The molecule has 0 aromatic rings. The Hall–Kier alpha value is -1.06. The van der Waals surface area contributed by atoms with Gasteiger partial charge in [0.25, 0.3) is 0 Å². The van der Waals surface area contributed by atoms with Gasteiger partial charge in [0.1, 0.15) is 0 Å².